The van der Waals surface area contributed by atoms with Crippen LogP contribution in [0.2, 0.25) is 0 Å². The maximum Gasteiger partial charge on any atom is 0.204 e. The van der Waals surface area contributed by atoms with Crippen molar-refractivity contribution in [2.45, 2.75) is 59.3 Å². The van der Waals surface area contributed by atoms with E-state index in [0.29, 0.717) is 11.1 Å². The SMILES string of the molecule is CC(C)=CCc1c(OCC(C)=CCc2c(O)cc(O)c3oc4c(c(=O)c23)C(=O)CC(=O)C4)cc(O)c2oc3c(c(=O)c12)C(=O)CC(=O)C3. The fourth-order valence-electron chi connectivity index (χ4n) is 6.08. The Balaban J connectivity index is 1.37. The fourth-order valence-corrected chi connectivity index (χ4v) is 6.08. The van der Waals surface area contributed by atoms with Crippen molar-refractivity contribution in [3.8, 4) is 23.0 Å². The first-order chi connectivity index (χ1) is 22.7. The number of hydrogen-bond acceptors (Lipinski definition) is 12. The number of hydrogen-bond donors (Lipinski definition) is 3. The molecule has 12 nitrogen and oxygen atoms in total. The van der Waals surface area contributed by atoms with Crippen molar-refractivity contribution in [2.75, 3.05) is 6.61 Å². The van der Waals surface area contributed by atoms with Gasteiger partial charge in [-0.05, 0) is 39.2 Å². The van der Waals surface area contributed by atoms with Crippen LogP contribution in [0.25, 0.3) is 21.9 Å². The van der Waals surface area contributed by atoms with Crippen molar-refractivity contribution in [1.29, 1.82) is 0 Å². The van der Waals surface area contributed by atoms with Crippen LogP contribution in [0.3, 0.4) is 0 Å². The van der Waals surface area contributed by atoms with Crippen LogP contribution in [0.15, 0.2) is 53.9 Å². The topological polar surface area (TPSA) is 199 Å². The number of carbonyl (C=O) groups is 4. The van der Waals surface area contributed by atoms with E-state index in [2.05, 4.69) is 0 Å². The number of phenols is 3. The smallest absolute Gasteiger partial charge is 0.204 e. The molecule has 2 heterocycles. The van der Waals surface area contributed by atoms with Crippen LogP contribution in [-0.4, -0.2) is 45.1 Å². The number of phenolic OH excluding ortho intramolecular Hbond substituents is 3. The summed E-state index contributed by atoms with van der Waals surface area (Å²) in [5.41, 5.74) is -0.343. The first-order valence-electron chi connectivity index (χ1n) is 15.1. The number of ketones is 4. The molecule has 0 bridgehead atoms. The molecule has 0 atom stereocenters. The minimum absolute atomic E-state index is 0.0302. The molecule has 0 fully saturated rings. The summed E-state index contributed by atoms with van der Waals surface area (Å²) in [5.74, 6) is -3.56. The molecule has 0 saturated heterocycles. The molecular weight excluding hydrogens is 624 g/mol. The van der Waals surface area contributed by atoms with Gasteiger partial charge in [-0.15, -0.1) is 0 Å². The molecule has 2 aliphatic rings. The Labute approximate surface area is 271 Å². The van der Waals surface area contributed by atoms with E-state index in [4.69, 9.17) is 13.6 Å². The number of ether oxygens (including phenoxy) is 1. The van der Waals surface area contributed by atoms with E-state index >= 15 is 0 Å². The molecule has 3 N–H and O–H groups in total. The zero-order valence-corrected chi connectivity index (χ0v) is 26.3. The lowest BCUT2D eigenvalue weighted by atomic mass is 9.91. The Morgan fingerprint density at radius 1 is 0.688 bits per heavy atom. The summed E-state index contributed by atoms with van der Waals surface area (Å²) in [6.45, 7) is 5.36. The summed E-state index contributed by atoms with van der Waals surface area (Å²) < 4.78 is 17.5. The highest BCUT2D eigenvalue weighted by Crippen LogP contribution is 2.38. The third kappa shape index (κ3) is 5.59. The lowest BCUT2D eigenvalue weighted by Gasteiger charge is -2.18. The van der Waals surface area contributed by atoms with Crippen LogP contribution in [0.1, 0.15) is 77.0 Å². The minimum Gasteiger partial charge on any atom is -0.507 e. The van der Waals surface area contributed by atoms with Crippen molar-refractivity contribution in [1.82, 2.24) is 0 Å². The molecule has 246 valence electrons. The second kappa shape index (κ2) is 12.1. The third-order valence-electron chi connectivity index (χ3n) is 8.40. The van der Waals surface area contributed by atoms with Crippen molar-refractivity contribution in [3.63, 3.8) is 0 Å². The van der Waals surface area contributed by atoms with Gasteiger partial charge in [0.15, 0.2) is 34.2 Å². The average Bonchev–Trinajstić information content (AvgIpc) is 2.99. The van der Waals surface area contributed by atoms with Gasteiger partial charge in [-0.3, -0.25) is 28.8 Å². The standard InChI is InChI=1S/C36H30O12/c1-15(2)4-6-20-26(13-25(43)36-30(20)34(45)32-23(41)9-18(38)11-28(32)48-36)46-14-16(3)5-7-19-21(39)12-24(42)35-29(19)33(44)31-22(40)8-17(37)10-27(31)47-35/h4-5,12-13,39,42-43H,6-11,14H2,1-3H3. The first kappa shape index (κ1) is 32.2. The number of fused-ring (bicyclic) bond motifs is 4. The third-order valence-corrected chi connectivity index (χ3v) is 8.40. The molecule has 12 heteroatoms. The van der Waals surface area contributed by atoms with Gasteiger partial charge in [0.2, 0.25) is 10.9 Å². The second-order valence-corrected chi connectivity index (χ2v) is 12.3. The number of benzene rings is 2. The molecule has 48 heavy (non-hydrogen) atoms. The van der Waals surface area contributed by atoms with Crippen LogP contribution >= 0.6 is 0 Å². The lowest BCUT2D eigenvalue weighted by molar-refractivity contribution is -0.119. The van der Waals surface area contributed by atoms with Gasteiger partial charge in [0.1, 0.15) is 52.3 Å². The molecule has 0 radical (unpaired) electrons. The van der Waals surface area contributed by atoms with E-state index in [1.165, 1.54) is 6.07 Å². The molecule has 0 amide bonds. The van der Waals surface area contributed by atoms with Crippen molar-refractivity contribution in [3.05, 3.63) is 89.7 Å². The van der Waals surface area contributed by atoms with Gasteiger partial charge >= 0.3 is 0 Å². The van der Waals surface area contributed by atoms with Gasteiger partial charge in [-0.2, -0.15) is 0 Å². The van der Waals surface area contributed by atoms with Crippen LogP contribution < -0.4 is 15.6 Å². The highest BCUT2D eigenvalue weighted by Gasteiger charge is 2.33. The molecule has 2 aliphatic carbocycles. The Kier molecular flexibility index (Phi) is 8.11. The summed E-state index contributed by atoms with van der Waals surface area (Å²) in [5, 5.41) is 31.8. The predicted molar refractivity (Wildman–Crippen MR) is 171 cm³/mol. The van der Waals surface area contributed by atoms with Gasteiger partial charge < -0.3 is 28.9 Å². The maximum absolute atomic E-state index is 13.7. The number of allylic oxidation sites excluding steroid dienone is 3. The highest BCUT2D eigenvalue weighted by atomic mass is 16.5. The highest BCUT2D eigenvalue weighted by molar-refractivity contribution is 6.14. The van der Waals surface area contributed by atoms with Gasteiger partial charge in [-0.1, -0.05) is 17.7 Å². The van der Waals surface area contributed by atoms with E-state index in [1.54, 1.807) is 13.0 Å². The van der Waals surface area contributed by atoms with Crippen LogP contribution in [0.5, 0.6) is 23.0 Å². The Morgan fingerprint density at radius 3 is 1.73 bits per heavy atom. The number of rotatable bonds is 7. The average molecular weight is 655 g/mol. The van der Waals surface area contributed by atoms with Crippen molar-refractivity contribution >= 4 is 45.1 Å². The second-order valence-electron chi connectivity index (χ2n) is 12.3. The van der Waals surface area contributed by atoms with E-state index < -0.39 is 58.3 Å². The molecule has 0 aliphatic heterocycles. The maximum atomic E-state index is 13.7. The largest absolute Gasteiger partial charge is 0.507 e. The zero-order valence-electron chi connectivity index (χ0n) is 26.3. The summed E-state index contributed by atoms with van der Waals surface area (Å²) in [6.07, 6.45) is 2.29. The summed E-state index contributed by atoms with van der Waals surface area (Å²) in [6, 6.07) is 2.30. The molecule has 0 spiro atoms. The molecular formula is C36H30O12. The quantitative estimate of drug-likeness (QED) is 0.187. The molecule has 6 rings (SSSR count). The van der Waals surface area contributed by atoms with E-state index in [1.807, 2.05) is 19.9 Å². The monoisotopic (exact) mass is 654 g/mol. The number of carbonyl (C=O) groups excluding carboxylic acids is 4. The van der Waals surface area contributed by atoms with Gasteiger partial charge in [-0.25, -0.2) is 0 Å². The molecule has 0 saturated carbocycles. The number of aromatic hydroxyl groups is 3. The zero-order chi connectivity index (χ0) is 34.6. The Hall–Kier alpha value is -5.78. The normalized spacial score (nSPS) is 14.8. The molecule has 2 aromatic carbocycles. The predicted octanol–water partition coefficient (Wildman–Crippen LogP) is 4.49. The van der Waals surface area contributed by atoms with Gasteiger partial charge in [0.25, 0.3) is 0 Å². The Morgan fingerprint density at radius 2 is 1.19 bits per heavy atom. The fraction of sp³-hybridized carbons (Fsp3) is 0.278. The molecule has 0 unspecified atom stereocenters. The van der Waals surface area contributed by atoms with Crippen LogP contribution in [0.4, 0.5) is 0 Å². The molecule has 2 aromatic heterocycles. The summed E-state index contributed by atoms with van der Waals surface area (Å²) in [7, 11) is 0. The lowest BCUT2D eigenvalue weighted by Crippen LogP contribution is -2.27. The minimum atomic E-state index is -0.758. The van der Waals surface area contributed by atoms with Gasteiger partial charge in [0.05, 0.1) is 36.5 Å². The first-order valence-corrected chi connectivity index (χ1v) is 15.1. The summed E-state index contributed by atoms with van der Waals surface area (Å²) >= 11 is 0. The Bertz CT molecular complexity index is 2310. The van der Waals surface area contributed by atoms with Crippen LogP contribution in [0, 0.1) is 0 Å². The number of Topliss-reactive ketones (excluding diaryl/α,β-unsaturated/α-hetero) is 4. The van der Waals surface area contributed by atoms with E-state index in [9.17, 15) is 44.1 Å². The summed E-state index contributed by atoms with van der Waals surface area (Å²) in [4.78, 5) is 76.3. The van der Waals surface area contributed by atoms with Crippen molar-refractivity contribution < 1.29 is 48.1 Å². The van der Waals surface area contributed by atoms with Gasteiger partial charge in [0, 0.05) is 23.3 Å². The van der Waals surface area contributed by atoms with Crippen molar-refractivity contribution in [2.24, 2.45) is 0 Å². The van der Waals surface area contributed by atoms with E-state index in [0.717, 1.165) is 11.6 Å². The van der Waals surface area contributed by atoms with E-state index in [-0.39, 0.29) is 94.0 Å². The van der Waals surface area contributed by atoms with Crippen LogP contribution in [-0.2, 0) is 35.3 Å². The molecule has 4 aromatic rings.